The van der Waals surface area contributed by atoms with Crippen LogP contribution in [0.1, 0.15) is 29.6 Å². The molecule has 0 bridgehead atoms. The van der Waals surface area contributed by atoms with Crippen LogP contribution in [-0.2, 0) is 4.74 Å². The summed E-state index contributed by atoms with van der Waals surface area (Å²) in [6.07, 6.45) is 2.37. The lowest BCUT2D eigenvalue weighted by molar-refractivity contribution is -0.385. The molecule has 1 aliphatic rings. The summed E-state index contributed by atoms with van der Waals surface area (Å²) in [5.41, 5.74) is 5.23. The van der Waals surface area contributed by atoms with Gasteiger partial charge in [0, 0.05) is 30.8 Å². The monoisotopic (exact) mass is 341 g/mol. The standard InChI is InChI=1S/C15H20ClN3O4/c16-11-2-3-13(14(10-11)19(21)22)15(20)18-7-4-12(5-8-18)23-9-1-6-17/h2-3,10,12H,1,4-9,17H2. The van der Waals surface area contributed by atoms with Gasteiger partial charge in [0.2, 0.25) is 0 Å². The number of hydrogen-bond donors (Lipinski definition) is 1. The van der Waals surface area contributed by atoms with E-state index in [-0.39, 0.29) is 28.3 Å². The van der Waals surface area contributed by atoms with E-state index in [4.69, 9.17) is 22.1 Å². The Morgan fingerprint density at radius 3 is 2.74 bits per heavy atom. The summed E-state index contributed by atoms with van der Waals surface area (Å²) in [7, 11) is 0. The molecule has 1 aromatic carbocycles. The van der Waals surface area contributed by atoms with Gasteiger partial charge in [-0.2, -0.15) is 0 Å². The number of amides is 1. The molecule has 23 heavy (non-hydrogen) atoms. The van der Waals surface area contributed by atoms with Gasteiger partial charge in [-0.15, -0.1) is 0 Å². The van der Waals surface area contributed by atoms with Crippen LogP contribution in [-0.4, -0.2) is 48.1 Å². The lowest BCUT2D eigenvalue weighted by Gasteiger charge is -2.32. The highest BCUT2D eigenvalue weighted by Gasteiger charge is 2.28. The first kappa shape index (κ1) is 17.7. The van der Waals surface area contributed by atoms with Gasteiger partial charge in [-0.25, -0.2) is 0 Å². The Labute approximate surface area is 139 Å². The van der Waals surface area contributed by atoms with E-state index in [1.807, 2.05) is 0 Å². The first-order valence-corrected chi connectivity index (χ1v) is 7.95. The molecule has 1 aliphatic heterocycles. The molecule has 1 heterocycles. The normalized spacial score (nSPS) is 15.7. The van der Waals surface area contributed by atoms with E-state index in [0.29, 0.717) is 26.2 Å². The molecule has 126 valence electrons. The number of carbonyl (C=O) groups excluding carboxylic acids is 1. The lowest BCUT2D eigenvalue weighted by Crippen LogP contribution is -2.41. The first-order valence-electron chi connectivity index (χ1n) is 7.58. The van der Waals surface area contributed by atoms with Gasteiger partial charge in [0.25, 0.3) is 11.6 Å². The highest BCUT2D eigenvalue weighted by atomic mass is 35.5. The minimum atomic E-state index is -0.582. The molecule has 2 rings (SSSR count). The van der Waals surface area contributed by atoms with Gasteiger partial charge in [-0.1, -0.05) is 11.6 Å². The van der Waals surface area contributed by atoms with Crippen LogP contribution in [0.15, 0.2) is 18.2 Å². The number of piperidine rings is 1. The molecule has 0 aliphatic carbocycles. The zero-order valence-corrected chi connectivity index (χ0v) is 13.5. The average molecular weight is 342 g/mol. The first-order chi connectivity index (χ1) is 11.0. The van der Waals surface area contributed by atoms with E-state index in [1.165, 1.54) is 18.2 Å². The molecule has 0 atom stereocenters. The summed E-state index contributed by atoms with van der Waals surface area (Å²) < 4.78 is 5.69. The van der Waals surface area contributed by atoms with Crippen molar-refractivity contribution in [2.45, 2.75) is 25.4 Å². The van der Waals surface area contributed by atoms with Crippen molar-refractivity contribution in [2.24, 2.45) is 5.73 Å². The van der Waals surface area contributed by atoms with Crippen molar-refractivity contribution in [3.05, 3.63) is 38.9 Å². The third-order valence-electron chi connectivity index (χ3n) is 3.82. The predicted molar refractivity (Wildman–Crippen MR) is 86.7 cm³/mol. The van der Waals surface area contributed by atoms with E-state index in [9.17, 15) is 14.9 Å². The summed E-state index contributed by atoms with van der Waals surface area (Å²) in [4.78, 5) is 24.7. The van der Waals surface area contributed by atoms with Gasteiger partial charge in [-0.05, 0) is 37.9 Å². The molecule has 1 fully saturated rings. The molecule has 1 amide bonds. The molecular formula is C15H20ClN3O4. The van der Waals surface area contributed by atoms with Gasteiger partial charge in [-0.3, -0.25) is 14.9 Å². The quantitative estimate of drug-likeness (QED) is 0.486. The Morgan fingerprint density at radius 1 is 1.43 bits per heavy atom. The SMILES string of the molecule is NCCCOC1CCN(C(=O)c2ccc(Cl)cc2[N+](=O)[O-])CC1. The maximum absolute atomic E-state index is 12.5. The Hall–Kier alpha value is -1.70. The Balaban J connectivity index is 1.99. The number of ether oxygens (including phenoxy) is 1. The smallest absolute Gasteiger partial charge is 0.283 e. The predicted octanol–water partition coefficient (Wildman–Crippen LogP) is 2.22. The number of nitrogens with two attached hydrogens (primary N) is 1. The number of nitro benzene ring substituents is 1. The van der Waals surface area contributed by atoms with Crippen LogP contribution >= 0.6 is 11.6 Å². The maximum Gasteiger partial charge on any atom is 0.283 e. The average Bonchev–Trinajstić information content (AvgIpc) is 2.55. The summed E-state index contributed by atoms with van der Waals surface area (Å²) in [5, 5.41) is 11.3. The second-order valence-corrected chi connectivity index (χ2v) is 5.86. The zero-order chi connectivity index (χ0) is 16.8. The number of halogens is 1. The van der Waals surface area contributed by atoms with Crippen molar-refractivity contribution in [1.82, 2.24) is 4.90 Å². The van der Waals surface area contributed by atoms with Crippen LogP contribution < -0.4 is 5.73 Å². The van der Waals surface area contributed by atoms with Crippen LogP contribution in [0.5, 0.6) is 0 Å². The van der Waals surface area contributed by atoms with Gasteiger partial charge in [0.05, 0.1) is 11.0 Å². The molecule has 7 nitrogen and oxygen atoms in total. The van der Waals surface area contributed by atoms with Crippen LogP contribution in [0.4, 0.5) is 5.69 Å². The second kappa shape index (κ2) is 8.24. The number of rotatable bonds is 6. The van der Waals surface area contributed by atoms with E-state index in [2.05, 4.69) is 0 Å². The Bertz CT molecular complexity index is 574. The lowest BCUT2D eigenvalue weighted by atomic mass is 10.1. The summed E-state index contributed by atoms with van der Waals surface area (Å²) in [6, 6.07) is 4.11. The zero-order valence-electron chi connectivity index (χ0n) is 12.7. The van der Waals surface area contributed by atoms with Gasteiger partial charge in [0.1, 0.15) is 5.56 Å². The third-order valence-corrected chi connectivity index (χ3v) is 4.05. The fourth-order valence-corrected chi connectivity index (χ4v) is 2.73. The Kier molecular flexibility index (Phi) is 6.32. The van der Waals surface area contributed by atoms with Crippen LogP contribution in [0.2, 0.25) is 5.02 Å². The molecule has 1 aromatic rings. The topological polar surface area (TPSA) is 98.7 Å². The number of hydrogen-bond acceptors (Lipinski definition) is 5. The van der Waals surface area contributed by atoms with Crippen molar-refractivity contribution < 1.29 is 14.5 Å². The van der Waals surface area contributed by atoms with Crippen molar-refractivity contribution in [1.29, 1.82) is 0 Å². The second-order valence-electron chi connectivity index (χ2n) is 5.42. The van der Waals surface area contributed by atoms with Crippen molar-refractivity contribution in [2.75, 3.05) is 26.2 Å². The molecule has 2 N–H and O–H groups in total. The number of likely N-dealkylation sites (tertiary alicyclic amines) is 1. The minimum Gasteiger partial charge on any atom is -0.378 e. The van der Waals surface area contributed by atoms with E-state index >= 15 is 0 Å². The van der Waals surface area contributed by atoms with Gasteiger partial charge in [0.15, 0.2) is 0 Å². The summed E-state index contributed by atoms with van der Waals surface area (Å²) in [6.45, 7) is 2.26. The number of benzene rings is 1. The minimum absolute atomic E-state index is 0.0712. The number of nitro groups is 1. The molecule has 0 saturated carbocycles. The van der Waals surface area contributed by atoms with Crippen LogP contribution in [0.25, 0.3) is 0 Å². The van der Waals surface area contributed by atoms with Crippen molar-refractivity contribution in [3.63, 3.8) is 0 Å². The molecule has 0 radical (unpaired) electrons. The largest absolute Gasteiger partial charge is 0.378 e. The highest BCUT2D eigenvalue weighted by molar-refractivity contribution is 6.31. The van der Waals surface area contributed by atoms with E-state index in [1.54, 1.807) is 4.90 Å². The fourth-order valence-electron chi connectivity index (χ4n) is 2.57. The molecule has 0 spiro atoms. The summed E-state index contributed by atoms with van der Waals surface area (Å²) >= 11 is 5.78. The maximum atomic E-state index is 12.5. The summed E-state index contributed by atoms with van der Waals surface area (Å²) in [5.74, 6) is -0.339. The van der Waals surface area contributed by atoms with Crippen molar-refractivity contribution in [3.8, 4) is 0 Å². The third kappa shape index (κ3) is 4.63. The Morgan fingerprint density at radius 2 is 2.13 bits per heavy atom. The van der Waals surface area contributed by atoms with Crippen molar-refractivity contribution >= 4 is 23.2 Å². The fraction of sp³-hybridized carbons (Fsp3) is 0.533. The number of nitrogens with zero attached hydrogens (tertiary/aromatic N) is 2. The van der Waals surface area contributed by atoms with Crippen LogP contribution in [0, 0.1) is 10.1 Å². The van der Waals surface area contributed by atoms with E-state index in [0.717, 1.165) is 19.3 Å². The number of carbonyl (C=O) groups is 1. The molecule has 0 unspecified atom stereocenters. The molecular weight excluding hydrogens is 322 g/mol. The van der Waals surface area contributed by atoms with Gasteiger partial charge < -0.3 is 15.4 Å². The highest BCUT2D eigenvalue weighted by Crippen LogP contribution is 2.26. The van der Waals surface area contributed by atoms with E-state index < -0.39 is 4.92 Å². The molecule has 8 heteroatoms. The molecule has 1 saturated heterocycles. The van der Waals surface area contributed by atoms with Crippen LogP contribution in [0.3, 0.4) is 0 Å². The van der Waals surface area contributed by atoms with Gasteiger partial charge >= 0.3 is 0 Å². The molecule has 0 aromatic heterocycles.